The highest BCUT2D eigenvalue weighted by molar-refractivity contribution is 5.98. The van der Waals surface area contributed by atoms with Crippen molar-refractivity contribution in [1.82, 2.24) is 10.2 Å². The number of carbonyl (C=O) groups is 1. The maximum Gasteiger partial charge on any atom is 0.254 e. The summed E-state index contributed by atoms with van der Waals surface area (Å²) in [5, 5.41) is 4.51. The molecule has 0 spiro atoms. The van der Waals surface area contributed by atoms with E-state index in [0.717, 1.165) is 54.8 Å². The topological polar surface area (TPSA) is 45.5 Å². The van der Waals surface area contributed by atoms with Gasteiger partial charge in [-0.25, -0.2) is 0 Å². The molecule has 0 radical (unpaired) electrons. The summed E-state index contributed by atoms with van der Waals surface area (Å²) in [5.41, 5.74) is 1.65. The second kappa shape index (κ2) is 6.00. The zero-order chi connectivity index (χ0) is 15.8. The predicted octanol–water partition coefficient (Wildman–Crippen LogP) is 3.35. The Kier molecular flexibility index (Phi) is 3.85. The predicted molar refractivity (Wildman–Crippen MR) is 90.6 cm³/mol. The molecular formula is C19H24N2O2. The molecule has 0 saturated carbocycles. The number of hydrogen-bond acceptors (Lipinski definition) is 3. The minimum atomic E-state index is 0.185. The van der Waals surface area contributed by atoms with E-state index in [1.54, 1.807) is 0 Å². The molecule has 2 atom stereocenters. The van der Waals surface area contributed by atoms with Gasteiger partial charge >= 0.3 is 0 Å². The van der Waals surface area contributed by atoms with Crippen LogP contribution in [0.2, 0.25) is 0 Å². The van der Waals surface area contributed by atoms with Crippen LogP contribution < -0.4 is 5.32 Å². The lowest BCUT2D eigenvalue weighted by Gasteiger charge is -2.38. The van der Waals surface area contributed by atoms with Crippen LogP contribution in [-0.2, 0) is 0 Å². The monoisotopic (exact) mass is 312 g/mol. The Morgan fingerprint density at radius 1 is 1.26 bits per heavy atom. The molecule has 2 aromatic rings. The third-order valence-electron chi connectivity index (χ3n) is 5.34. The molecule has 1 N–H and O–H groups in total. The van der Waals surface area contributed by atoms with Gasteiger partial charge in [0.15, 0.2) is 0 Å². The first-order chi connectivity index (χ1) is 11.2. The highest BCUT2D eigenvalue weighted by Gasteiger charge is 2.34. The van der Waals surface area contributed by atoms with Crippen molar-refractivity contribution in [2.24, 2.45) is 5.92 Å². The third kappa shape index (κ3) is 2.76. The van der Waals surface area contributed by atoms with Crippen LogP contribution in [0.1, 0.15) is 41.8 Å². The summed E-state index contributed by atoms with van der Waals surface area (Å²) in [5.74, 6) is 1.68. The first-order valence-electron chi connectivity index (χ1n) is 8.74. The molecule has 4 nitrogen and oxygen atoms in total. The summed E-state index contributed by atoms with van der Waals surface area (Å²) < 4.78 is 5.62. The molecule has 0 aliphatic carbocycles. The average molecular weight is 312 g/mol. The maximum atomic E-state index is 13.1. The van der Waals surface area contributed by atoms with E-state index >= 15 is 0 Å². The molecule has 4 rings (SSSR count). The van der Waals surface area contributed by atoms with E-state index in [0.29, 0.717) is 12.0 Å². The van der Waals surface area contributed by atoms with Crippen molar-refractivity contribution in [3.05, 3.63) is 35.6 Å². The fourth-order valence-electron chi connectivity index (χ4n) is 4.20. The van der Waals surface area contributed by atoms with Crippen molar-refractivity contribution >= 4 is 16.9 Å². The minimum Gasteiger partial charge on any atom is -0.461 e. The molecule has 1 aromatic carbocycles. The van der Waals surface area contributed by atoms with Gasteiger partial charge in [-0.3, -0.25) is 4.79 Å². The van der Waals surface area contributed by atoms with Crippen LogP contribution in [-0.4, -0.2) is 36.5 Å². The first-order valence-corrected chi connectivity index (χ1v) is 8.74. The van der Waals surface area contributed by atoms with Crippen LogP contribution in [0.4, 0.5) is 0 Å². The van der Waals surface area contributed by atoms with Gasteiger partial charge in [0.25, 0.3) is 5.91 Å². The van der Waals surface area contributed by atoms with Gasteiger partial charge < -0.3 is 14.6 Å². The molecule has 3 heterocycles. The number of carbonyl (C=O) groups excluding carboxylic acids is 1. The quantitative estimate of drug-likeness (QED) is 0.878. The number of aryl methyl sites for hydroxylation is 1. The highest BCUT2D eigenvalue weighted by Crippen LogP contribution is 2.29. The van der Waals surface area contributed by atoms with Crippen LogP contribution in [0.15, 0.2) is 28.7 Å². The van der Waals surface area contributed by atoms with Crippen molar-refractivity contribution in [2.75, 3.05) is 19.6 Å². The molecule has 1 aromatic heterocycles. The Labute approximate surface area is 136 Å². The minimum absolute atomic E-state index is 0.185. The number of nitrogens with one attached hydrogen (secondary N) is 1. The first kappa shape index (κ1) is 14.8. The second-order valence-corrected chi connectivity index (χ2v) is 6.92. The van der Waals surface area contributed by atoms with Gasteiger partial charge in [0.1, 0.15) is 11.3 Å². The Morgan fingerprint density at radius 3 is 3.09 bits per heavy atom. The second-order valence-electron chi connectivity index (χ2n) is 6.92. The van der Waals surface area contributed by atoms with Gasteiger partial charge in [-0.05, 0) is 69.5 Å². The van der Waals surface area contributed by atoms with Gasteiger partial charge in [0, 0.05) is 23.5 Å². The lowest BCUT2D eigenvalue weighted by molar-refractivity contribution is 0.0586. The fraction of sp³-hybridized carbons (Fsp3) is 0.526. The zero-order valence-electron chi connectivity index (χ0n) is 13.7. The molecule has 0 bridgehead atoms. The van der Waals surface area contributed by atoms with Crippen LogP contribution in [0.5, 0.6) is 0 Å². The van der Waals surface area contributed by atoms with Gasteiger partial charge in [-0.2, -0.15) is 0 Å². The molecule has 1 amide bonds. The zero-order valence-corrected chi connectivity index (χ0v) is 13.7. The van der Waals surface area contributed by atoms with Crippen molar-refractivity contribution in [3.63, 3.8) is 0 Å². The SMILES string of the molecule is Cc1cc2cc(C(=O)N3CCCC[C@H]4CNCC[C@H]43)ccc2o1. The number of hydrogen-bond donors (Lipinski definition) is 1. The maximum absolute atomic E-state index is 13.1. The lowest BCUT2D eigenvalue weighted by atomic mass is 9.89. The molecule has 2 saturated heterocycles. The molecule has 2 fully saturated rings. The summed E-state index contributed by atoms with van der Waals surface area (Å²) in [6.07, 6.45) is 4.66. The standard InChI is InChI=1S/C19H24N2O2/c1-13-10-16-11-14(5-6-18(16)23-13)19(22)21-9-3-2-4-15-12-20-8-7-17(15)21/h5-6,10-11,15,17,20H,2-4,7-9,12H2,1H3/t15-,17+/m0/s1. The normalized spacial score (nSPS) is 25.2. The van der Waals surface area contributed by atoms with Crippen molar-refractivity contribution in [1.29, 1.82) is 0 Å². The molecule has 122 valence electrons. The number of furan rings is 1. The Balaban J connectivity index is 1.64. The van der Waals surface area contributed by atoms with Crippen molar-refractivity contribution in [3.8, 4) is 0 Å². The lowest BCUT2D eigenvalue weighted by Crippen LogP contribution is -2.50. The van der Waals surface area contributed by atoms with Crippen LogP contribution in [0, 0.1) is 12.8 Å². The molecule has 2 aliphatic heterocycles. The van der Waals surface area contributed by atoms with E-state index in [2.05, 4.69) is 10.2 Å². The van der Waals surface area contributed by atoms with E-state index in [4.69, 9.17) is 4.42 Å². The number of likely N-dealkylation sites (tertiary alicyclic amines) is 1. The van der Waals surface area contributed by atoms with Gasteiger partial charge in [0.05, 0.1) is 0 Å². The summed E-state index contributed by atoms with van der Waals surface area (Å²) in [7, 11) is 0. The smallest absolute Gasteiger partial charge is 0.254 e. The number of benzene rings is 1. The number of amides is 1. The van der Waals surface area contributed by atoms with E-state index < -0.39 is 0 Å². The summed E-state index contributed by atoms with van der Waals surface area (Å²) in [6.45, 7) is 4.90. The summed E-state index contributed by atoms with van der Waals surface area (Å²) in [6, 6.07) is 8.21. The van der Waals surface area contributed by atoms with Crippen LogP contribution in [0.3, 0.4) is 0 Å². The number of fused-ring (bicyclic) bond motifs is 2. The molecule has 23 heavy (non-hydrogen) atoms. The summed E-state index contributed by atoms with van der Waals surface area (Å²) >= 11 is 0. The van der Waals surface area contributed by atoms with Gasteiger partial charge in [-0.15, -0.1) is 0 Å². The van der Waals surface area contributed by atoms with Gasteiger partial charge in [-0.1, -0.05) is 6.42 Å². The fourth-order valence-corrected chi connectivity index (χ4v) is 4.20. The summed E-state index contributed by atoms with van der Waals surface area (Å²) in [4.78, 5) is 15.3. The van der Waals surface area contributed by atoms with Crippen LogP contribution in [0.25, 0.3) is 11.0 Å². The Bertz CT molecular complexity index is 721. The van der Waals surface area contributed by atoms with E-state index in [-0.39, 0.29) is 5.91 Å². The Hall–Kier alpha value is -1.81. The van der Waals surface area contributed by atoms with E-state index in [1.807, 2.05) is 31.2 Å². The number of nitrogens with zero attached hydrogens (tertiary/aromatic N) is 1. The van der Waals surface area contributed by atoms with E-state index in [1.165, 1.54) is 12.8 Å². The van der Waals surface area contributed by atoms with Crippen LogP contribution >= 0.6 is 0 Å². The highest BCUT2D eigenvalue weighted by atomic mass is 16.3. The molecular weight excluding hydrogens is 288 g/mol. The number of piperidine rings is 1. The molecule has 2 aliphatic rings. The third-order valence-corrected chi connectivity index (χ3v) is 5.34. The van der Waals surface area contributed by atoms with Crippen molar-refractivity contribution < 1.29 is 9.21 Å². The van der Waals surface area contributed by atoms with Gasteiger partial charge in [0.2, 0.25) is 0 Å². The van der Waals surface area contributed by atoms with Crippen molar-refractivity contribution in [2.45, 2.75) is 38.6 Å². The molecule has 0 unspecified atom stereocenters. The number of rotatable bonds is 1. The van der Waals surface area contributed by atoms with E-state index in [9.17, 15) is 4.79 Å². The molecule has 4 heteroatoms. The average Bonchev–Trinajstić information content (AvgIpc) is 2.80. The largest absolute Gasteiger partial charge is 0.461 e. The Morgan fingerprint density at radius 2 is 2.17 bits per heavy atom.